The molecular weight excluding hydrogens is 334 g/mol. The summed E-state index contributed by atoms with van der Waals surface area (Å²) in [7, 11) is 0. The molecule has 0 radical (unpaired) electrons. The van der Waals surface area contributed by atoms with Crippen LogP contribution in [-0.2, 0) is 4.74 Å². The van der Waals surface area contributed by atoms with Crippen molar-refractivity contribution >= 4 is 21.8 Å². The van der Waals surface area contributed by atoms with Crippen LogP contribution < -0.4 is 5.32 Å². The Kier molecular flexibility index (Phi) is 4.36. The van der Waals surface area contributed by atoms with E-state index >= 15 is 0 Å². The largest absolute Gasteiger partial charge is 0.376 e. The van der Waals surface area contributed by atoms with Gasteiger partial charge in [-0.1, -0.05) is 18.2 Å². The first kappa shape index (κ1) is 14.3. The Hall–Kier alpha value is -1.66. The fourth-order valence-electron chi connectivity index (χ4n) is 2.32. The molecule has 1 aliphatic heterocycles. The SMILES string of the molecule is O=C(NCC1CCCO1)c1nn(-c2ccccc2)cc1Br. The normalized spacial score (nSPS) is 17.9. The molecule has 3 rings (SSSR count). The Balaban J connectivity index is 1.70. The number of hydrogen-bond donors (Lipinski definition) is 1. The maximum absolute atomic E-state index is 12.2. The Morgan fingerprint density at radius 1 is 1.43 bits per heavy atom. The fourth-order valence-corrected chi connectivity index (χ4v) is 2.77. The van der Waals surface area contributed by atoms with Gasteiger partial charge in [-0.25, -0.2) is 4.68 Å². The lowest BCUT2D eigenvalue weighted by Crippen LogP contribution is -2.32. The molecule has 1 aliphatic rings. The van der Waals surface area contributed by atoms with Crippen molar-refractivity contribution in [1.29, 1.82) is 0 Å². The van der Waals surface area contributed by atoms with E-state index in [4.69, 9.17) is 4.74 Å². The van der Waals surface area contributed by atoms with E-state index in [0.29, 0.717) is 16.7 Å². The summed E-state index contributed by atoms with van der Waals surface area (Å²) in [5.74, 6) is -0.188. The highest BCUT2D eigenvalue weighted by Gasteiger charge is 2.19. The quantitative estimate of drug-likeness (QED) is 0.922. The second kappa shape index (κ2) is 6.41. The highest BCUT2D eigenvalue weighted by atomic mass is 79.9. The van der Waals surface area contributed by atoms with E-state index in [-0.39, 0.29) is 12.0 Å². The molecule has 2 heterocycles. The summed E-state index contributed by atoms with van der Waals surface area (Å²) in [6.45, 7) is 1.32. The average molecular weight is 350 g/mol. The third kappa shape index (κ3) is 3.33. The first-order valence-corrected chi connectivity index (χ1v) is 7.74. The number of hydrogen-bond acceptors (Lipinski definition) is 3. The molecule has 1 unspecified atom stereocenters. The first-order valence-electron chi connectivity index (χ1n) is 6.94. The zero-order valence-corrected chi connectivity index (χ0v) is 13.0. The molecule has 1 aromatic heterocycles. The number of benzene rings is 1. The van der Waals surface area contributed by atoms with Crippen LogP contribution >= 0.6 is 15.9 Å². The molecule has 1 N–H and O–H groups in total. The van der Waals surface area contributed by atoms with Crippen molar-refractivity contribution in [2.24, 2.45) is 0 Å². The number of para-hydroxylation sites is 1. The fraction of sp³-hybridized carbons (Fsp3) is 0.333. The van der Waals surface area contributed by atoms with Crippen molar-refractivity contribution in [1.82, 2.24) is 15.1 Å². The summed E-state index contributed by atoms with van der Waals surface area (Å²) < 4.78 is 7.85. The van der Waals surface area contributed by atoms with E-state index in [1.54, 1.807) is 10.9 Å². The summed E-state index contributed by atoms with van der Waals surface area (Å²) in [6.07, 6.45) is 3.98. The average Bonchev–Trinajstić information content (AvgIpc) is 3.15. The highest BCUT2D eigenvalue weighted by molar-refractivity contribution is 9.10. The molecule has 0 spiro atoms. The van der Waals surface area contributed by atoms with Gasteiger partial charge in [0.05, 0.1) is 16.3 Å². The molecule has 0 aliphatic carbocycles. The van der Waals surface area contributed by atoms with Crippen molar-refractivity contribution in [3.05, 3.63) is 46.7 Å². The monoisotopic (exact) mass is 349 g/mol. The summed E-state index contributed by atoms with van der Waals surface area (Å²) in [4.78, 5) is 12.2. The third-order valence-electron chi connectivity index (χ3n) is 3.42. The van der Waals surface area contributed by atoms with Gasteiger partial charge in [-0.3, -0.25) is 4.79 Å². The number of aromatic nitrogens is 2. The zero-order chi connectivity index (χ0) is 14.7. The van der Waals surface area contributed by atoms with Crippen LogP contribution in [0, 0.1) is 0 Å². The molecule has 5 nitrogen and oxygen atoms in total. The van der Waals surface area contributed by atoms with Gasteiger partial charge in [-0.15, -0.1) is 0 Å². The van der Waals surface area contributed by atoms with E-state index in [1.165, 1.54) is 0 Å². The lowest BCUT2D eigenvalue weighted by Gasteiger charge is -2.09. The van der Waals surface area contributed by atoms with E-state index in [0.717, 1.165) is 25.1 Å². The molecule has 1 amide bonds. The molecule has 0 bridgehead atoms. The van der Waals surface area contributed by atoms with Gasteiger partial charge in [0.15, 0.2) is 5.69 Å². The Labute approximate surface area is 131 Å². The Morgan fingerprint density at radius 2 is 2.24 bits per heavy atom. The number of ether oxygens (including phenoxy) is 1. The van der Waals surface area contributed by atoms with Crippen LogP contribution in [0.15, 0.2) is 41.0 Å². The van der Waals surface area contributed by atoms with E-state index in [2.05, 4.69) is 26.3 Å². The van der Waals surface area contributed by atoms with Crippen molar-refractivity contribution in [2.45, 2.75) is 18.9 Å². The van der Waals surface area contributed by atoms with E-state index in [9.17, 15) is 4.79 Å². The van der Waals surface area contributed by atoms with Gasteiger partial charge in [0.25, 0.3) is 5.91 Å². The second-order valence-corrected chi connectivity index (χ2v) is 5.81. The minimum absolute atomic E-state index is 0.129. The van der Waals surface area contributed by atoms with Crippen LogP contribution in [0.2, 0.25) is 0 Å². The molecule has 21 heavy (non-hydrogen) atoms. The highest BCUT2D eigenvalue weighted by Crippen LogP contribution is 2.18. The van der Waals surface area contributed by atoms with Gasteiger partial charge < -0.3 is 10.1 Å². The number of carbonyl (C=O) groups excluding carboxylic acids is 1. The Bertz CT molecular complexity index is 621. The van der Waals surface area contributed by atoms with Gasteiger partial charge >= 0.3 is 0 Å². The molecular formula is C15H16BrN3O2. The van der Waals surface area contributed by atoms with Crippen molar-refractivity contribution in [3.8, 4) is 5.69 Å². The first-order chi connectivity index (χ1) is 10.2. The predicted octanol–water partition coefficient (Wildman–Crippen LogP) is 2.54. The smallest absolute Gasteiger partial charge is 0.273 e. The van der Waals surface area contributed by atoms with Gasteiger partial charge in [0, 0.05) is 19.3 Å². The van der Waals surface area contributed by atoms with Gasteiger partial charge in [-0.2, -0.15) is 5.10 Å². The van der Waals surface area contributed by atoms with Crippen LogP contribution in [-0.4, -0.2) is 34.9 Å². The van der Waals surface area contributed by atoms with Crippen molar-refractivity contribution in [2.75, 3.05) is 13.2 Å². The predicted molar refractivity (Wildman–Crippen MR) is 82.6 cm³/mol. The number of halogens is 1. The zero-order valence-electron chi connectivity index (χ0n) is 11.5. The minimum Gasteiger partial charge on any atom is -0.376 e. The van der Waals surface area contributed by atoms with Crippen LogP contribution in [0.25, 0.3) is 5.69 Å². The summed E-state index contributed by atoms with van der Waals surface area (Å²) in [6, 6.07) is 9.68. The van der Waals surface area contributed by atoms with Crippen LogP contribution in [0.5, 0.6) is 0 Å². The topological polar surface area (TPSA) is 56.1 Å². The number of rotatable bonds is 4. The maximum Gasteiger partial charge on any atom is 0.273 e. The van der Waals surface area contributed by atoms with Crippen molar-refractivity contribution in [3.63, 3.8) is 0 Å². The standard InChI is InChI=1S/C15H16BrN3O2/c16-13-10-19(11-5-2-1-3-6-11)18-14(13)15(20)17-9-12-7-4-8-21-12/h1-3,5-6,10,12H,4,7-9H2,(H,17,20). The second-order valence-electron chi connectivity index (χ2n) is 4.95. The molecule has 1 fully saturated rings. The lowest BCUT2D eigenvalue weighted by atomic mass is 10.2. The lowest BCUT2D eigenvalue weighted by molar-refractivity contribution is 0.0852. The number of nitrogens with zero attached hydrogens (tertiary/aromatic N) is 2. The van der Waals surface area contributed by atoms with Crippen LogP contribution in [0.4, 0.5) is 0 Å². The molecule has 2 aromatic rings. The van der Waals surface area contributed by atoms with Gasteiger partial charge in [0.2, 0.25) is 0 Å². The molecule has 1 atom stereocenters. The third-order valence-corrected chi connectivity index (χ3v) is 4.00. The van der Waals surface area contributed by atoms with Gasteiger partial charge in [0.1, 0.15) is 0 Å². The minimum atomic E-state index is -0.188. The Morgan fingerprint density at radius 3 is 2.95 bits per heavy atom. The van der Waals surface area contributed by atoms with Crippen molar-refractivity contribution < 1.29 is 9.53 Å². The van der Waals surface area contributed by atoms with E-state index < -0.39 is 0 Å². The summed E-state index contributed by atoms with van der Waals surface area (Å²) in [5.41, 5.74) is 1.30. The van der Waals surface area contributed by atoms with Crippen LogP contribution in [0.1, 0.15) is 23.3 Å². The molecule has 6 heteroatoms. The molecule has 110 valence electrons. The summed E-state index contributed by atoms with van der Waals surface area (Å²) in [5, 5.41) is 7.22. The molecule has 1 aromatic carbocycles. The maximum atomic E-state index is 12.2. The number of carbonyl (C=O) groups is 1. The number of amides is 1. The molecule has 0 saturated carbocycles. The molecule has 1 saturated heterocycles. The number of nitrogens with one attached hydrogen (secondary N) is 1. The van der Waals surface area contributed by atoms with Crippen LogP contribution in [0.3, 0.4) is 0 Å². The van der Waals surface area contributed by atoms with Gasteiger partial charge in [-0.05, 0) is 40.9 Å². The summed E-state index contributed by atoms with van der Waals surface area (Å²) >= 11 is 3.39. The van der Waals surface area contributed by atoms with E-state index in [1.807, 2.05) is 30.3 Å².